The number of para-hydroxylation sites is 1. The normalized spacial score (nSPS) is 10.8. The molecular formula is C24H16BrCl2N3O3. The molecule has 3 aromatic rings. The summed E-state index contributed by atoms with van der Waals surface area (Å²) >= 11 is 15.2. The maximum Gasteiger partial charge on any atom is 0.266 e. The zero-order valence-electron chi connectivity index (χ0n) is 16.9. The number of anilines is 2. The number of halogens is 3. The van der Waals surface area contributed by atoms with E-state index < -0.39 is 11.8 Å². The third-order valence-electron chi connectivity index (χ3n) is 4.23. The molecule has 2 amide bonds. The largest absolute Gasteiger partial charge is 0.483 e. The van der Waals surface area contributed by atoms with Crippen LogP contribution in [0, 0.1) is 11.3 Å². The highest BCUT2D eigenvalue weighted by molar-refractivity contribution is 9.10. The number of hydrogen-bond acceptors (Lipinski definition) is 4. The maximum absolute atomic E-state index is 12.5. The lowest BCUT2D eigenvalue weighted by Crippen LogP contribution is -2.20. The van der Waals surface area contributed by atoms with Crippen molar-refractivity contribution in [3.63, 3.8) is 0 Å². The fraction of sp³-hybridized carbons (Fsp3) is 0.0417. The van der Waals surface area contributed by atoms with Crippen LogP contribution in [0.3, 0.4) is 0 Å². The molecule has 0 aliphatic rings. The summed E-state index contributed by atoms with van der Waals surface area (Å²) in [6.45, 7) is -0.305. The molecule has 0 aliphatic heterocycles. The Labute approximate surface area is 208 Å². The molecule has 0 aromatic heterocycles. The summed E-state index contributed by atoms with van der Waals surface area (Å²) in [4.78, 5) is 24.8. The molecule has 0 bridgehead atoms. The predicted octanol–water partition coefficient (Wildman–Crippen LogP) is 6.32. The minimum Gasteiger partial charge on any atom is -0.483 e. The Bertz CT molecular complexity index is 1260. The Morgan fingerprint density at radius 1 is 0.970 bits per heavy atom. The Hall–Kier alpha value is -3.31. The van der Waals surface area contributed by atoms with Gasteiger partial charge < -0.3 is 15.4 Å². The smallest absolute Gasteiger partial charge is 0.266 e. The molecule has 0 spiro atoms. The van der Waals surface area contributed by atoms with Gasteiger partial charge in [-0.2, -0.15) is 5.26 Å². The molecule has 0 heterocycles. The lowest BCUT2D eigenvalue weighted by molar-refractivity contribution is -0.118. The van der Waals surface area contributed by atoms with Crippen molar-refractivity contribution in [3.05, 3.63) is 92.4 Å². The van der Waals surface area contributed by atoms with Crippen LogP contribution < -0.4 is 15.4 Å². The number of carbonyl (C=O) groups excluding carboxylic acids is 2. The number of ether oxygens (including phenoxy) is 1. The van der Waals surface area contributed by atoms with E-state index >= 15 is 0 Å². The van der Waals surface area contributed by atoms with E-state index in [4.69, 9.17) is 27.9 Å². The second kappa shape index (κ2) is 11.5. The molecular weight excluding hydrogens is 529 g/mol. The fourth-order valence-electron chi connectivity index (χ4n) is 2.70. The lowest BCUT2D eigenvalue weighted by Gasteiger charge is -2.11. The van der Waals surface area contributed by atoms with Gasteiger partial charge in [-0.3, -0.25) is 9.59 Å². The summed E-state index contributed by atoms with van der Waals surface area (Å²) in [6, 6.07) is 20.4. The lowest BCUT2D eigenvalue weighted by atomic mass is 10.1. The van der Waals surface area contributed by atoms with Crippen LogP contribution in [-0.4, -0.2) is 18.4 Å². The van der Waals surface area contributed by atoms with Gasteiger partial charge in [-0.05, 0) is 54.6 Å². The van der Waals surface area contributed by atoms with Gasteiger partial charge >= 0.3 is 0 Å². The van der Waals surface area contributed by atoms with Crippen molar-refractivity contribution >= 4 is 68.4 Å². The van der Waals surface area contributed by atoms with E-state index in [-0.39, 0.29) is 12.2 Å². The SMILES string of the molecule is N#C/C(=C\c1cc(Br)ccc1OCC(=O)Nc1ccc(Cl)c(Cl)c1)C(=O)Nc1ccccc1. The van der Waals surface area contributed by atoms with Crippen LogP contribution in [0.25, 0.3) is 6.08 Å². The molecule has 0 unspecified atom stereocenters. The van der Waals surface area contributed by atoms with E-state index in [2.05, 4.69) is 26.6 Å². The second-order valence-electron chi connectivity index (χ2n) is 6.64. The molecule has 0 saturated carbocycles. The van der Waals surface area contributed by atoms with Gasteiger partial charge in [0.2, 0.25) is 0 Å². The van der Waals surface area contributed by atoms with E-state index in [0.717, 1.165) is 0 Å². The van der Waals surface area contributed by atoms with Crippen LogP contribution in [0.4, 0.5) is 11.4 Å². The van der Waals surface area contributed by atoms with Crippen molar-refractivity contribution in [3.8, 4) is 11.8 Å². The first-order valence-electron chi connectivity index (χ1n) is 9.51. The minimum atomic E-state index is -0.563. The Morgan fingerprint density at radius 3 is 2.42 bits per heavy atom. The zero-order valence-corrected chi connectivity index (χ0v) is 20.0. The molecule has 0 radical (unpaired) electrons. The van der Waals surface area contributed by atoms with Gasteiger partial charge in [0.15, 0.2) is 6.61 Å². The van der Waals surface area contributed by atoms with Gasteiger partial charge in [0.05, 0.1) is 10.0 Å². The summed E-state index contributed by atoms with van der Waals surface area (Å²) in [5.74, 6) is -0.664. The molecule has 3 rings (SSSR count). The van der Waals surface area contributed by atoms with E-state index in [1.165, 1.54) is 12.1 Å². The third kappa shape index (κ3) is 7.09. The highest BCUT2D eigenvalue weighted by Gasteiger charge is 2.13. The van der Waals surface area contributed by atoms with Crippen LogP contribution in [0.5, 0.6) is 5.75 Å². The summed E-state index contributed by atoms with van der Waals surface area (Å²) in [6.07, 6.45) is 1.40. The van der Waals surface area contributed by atoms with Crippen molar-refractivity contribution in [2.75, 3.05) is 17.2 Å². The van der Waals surface area contributed by atoms with Gasteiger partial charge in [0.1, 0.15) is 17.4 Å². The van der Waals surface area contributed by atoms with Crippen molar-refractivity contribution in [1.82, 2.24) is 0 Å². The van der Waals surface area contributed by atoms with E-state index in [1.54, 1.807) is 54.6 Å². The molecule has 0 fully saturated rings. The second-order valence-corrected chi connectivity index (χ2v) is 8.37. The Morgan fingerprint density at radius 2 is 1.73 bits per heavy atom. The topological polar surface area (TPSA) is 91.2 Å². The molecule has 6 nitrogen and oxygen atoms in total. The number of nitriles is 1. The highest BCUT2D eigenvalue weighted by Crippen LogP contribution is 2.27. The van der Waals surface area contributed by atoms with E-state index in [0.29, 0.717) is 37.2 Å². The summed E-state index contributed by atoms with van der Waals surface area (Å²) in [5, 5.41) is 15.5. The van der Waals surface area contributed by atoms with Gasteiger partial charge in [-0.15, -0.1) is 0 Å². The average molecular weight is 545 g/mol. The van der Waals surface area contributed by atoms with Crippen LogP contribution in [0.15, 0.2) is 76.8 Å². The molecule has 0 aliphatic carbocycles. The fourth-order valence-corrected chi connectivity index (χ4v) is 3.38. The first-order chi connectivity index (χ1) is 15.9. The molecule has 0 saturated heterocycles. The number of nitrogens with zero attached hydrogens (tertiary/aromatic N) is 1. The van der Waals surface area contributed by atoms with Crippen LogP contribution in [0.2, 0.25) is 10.0 Å². The Balaban J connectivity index is 1.73. The predicted molar refractivity (Wildman–Crippen MR) is 133 cm³/mol. The number of carbonyl (C=O) groups is 2. The van der Waals surface area contributed by atoms with Crippen molar-refractivity contribution in [1.29, 1.82) is 5.26 Å². The first-order valence-corrected chi connectivity index (χ1v) is 11.1. The summed E-state index contributed by atoms with van der Waals surface area (Å²) in [7, 11) is 0. The average Bonchev–Trinajstić information content (AvgIpc) is 2.80. The third-order valence-corrected chi connectivity index (χ3v) is 5.46. The van der Waals surface area contributed by atoms with Gasteiger partial charge in [0.25, 0.3) is 11.8 Å². The monoisotopic (exact) mass is 543 g/mol. The molecule has 3 aromatic carbocycles. The molecule has 2 N–H and O–H groups in total. The van der Waals surface area contributed by atoms with Gasteiger partial charge in [-0.25, -0.2) is 0 Å². The molecule has 0 atom stereocenters. The van der Waals surface area contributed by atoms with Crippen LogP contribution in [0.1, 0.15) is 5.56 Å². The molecule has 9 heteroatoms. The zero-order chi connectivity index (χ0) is 23.8. The standard InChI is InChI=1S/C24H16BrCl2N3O3/c25-17-6-9-22(33-14-23(31)29-19-7-8-20(26)21(27)12-19)15(11-17)10-16(13-28)24(32)30-18-4-2-1-3-5-18/h1-12H,14H2,(H,29,31)(H,30,32)/b16-10+. The first kappa shape index (κ1) is 24.3. The quantitative estimate of drug-likeness (QED) is 0.269. The number of amides is 2. The maximum atomic E-state index is 12.5. The van der Waals surface area contributed by atoms with Crippen molar-refractivity contribution < 1.29 is 14.3 Å². The highest BCUT2D eigenvalue weighted by atomic mass is 79.9. The molecule has 33 heavy (non-hydrogen) atoms. The minimum absolute atomic E-state index is 0.123. The number of hydrogen-bond donors (Lipinski definition) is 2. The van der Waals surface area contributed by atoms with E-state index in [1.807, 2.05) is 12.1 Å². The molecule has 166 valence electrons. The van der Waals surface area contributed by atoms with Gasteiger partial charge in [0, 0.05) is 21.4 Å². The number of benzene rings is 3. The summed E-state index contributed by atoms with van der Waals surface area (Å²) < 4.78 is 6.36. The van der Waals surface area contributed by atoms with Crippen LogP contribution >= 0.6 is 39.1 Å². The van der Waals surface area contributed by atoms with E-state index in [9.17, 15) is 14.9 Å². The van der Waals surface area contributed by atoms with Gasteiger partial charge in [-0.1, -0.05) is 57.3 Å². The van der Waals surface area contributed by atoms with Crippen molar-refractivity contribution in [2.45, 2.75) is 0 Å². The Kier molecular flexibility index (Phi) is 8.50. The van der Waals surface area contributed by atoms with Crippen LogP contribution in [-0.2, 0) is 9.59 Å². The number of nitrogens with one attached hydrogen (secondary N) is 2. The summed E-state index contributed by atoms with van der Waals surface area (Å²) in [5.41, 5.74) is 1.36. The van der Waals surface area contributed by atoms with Crippen molar-refractivity contribution in [2.24, 2.45) is 0 Å². The number of rotatable bonds is 7.